The van der Waals surface area contributed by atoms with E-state index in [1.165, 1.54) is 6.08 Å². The molecule has 0 fully saturated rings. The second-order valence-electron chi connectivity index (χ2n) is 21.2. The Bertz CT molecular complexity index is 3380. The van der Waals surface area contributed by atoms with E-state index in [0.717, 1.165) is 76.9 Å². The smallest absolute Gasteiger partial charge is 0.411 e. The summed E-state index contributed by atoms with van der Waals surface area (Å²) in [7, 11) is 0. The van der Waals surface area contributed by atoms with Gasteiger partial charge in [0.1, 0.15) is 95.5 Å². The number of esters is 9. The van der Waals surface area contributed by atoms with Crippen molar-refractivity contribution < 1.29 is 119 Å². The summed E-state index contributed by atoms with van der Waals surface area (Å²) >= 11 is 0. The molecule has 0 unspecified atom stereocenters. The van der Waals surface area contributed by atoms with Crippen molar-refractivity contribution in [2.45, 2.75) is 12.8 Å². The number of nitrogens with zero attached hydrogens (tertiary/aromatic N) is 1. The first-order chi connectivity index (χ1) is 48.3. The quantitative estimate of drug-likeness (QED) is 0.0123. The maximum absolute atomic E-state index is 12.8. The maximum Gasteiger partial charge on any atom is 0.411 e. The van der Waals surface area contributed by atoms with Gasteiger partial charge in [0.2, 0.25) is 6.08 Å². The van der Waals surface area contributed by atoms with E-state index >= 15 is 0 Å². The van der Waals surface area contributed by atoms with Gasteiger partial charge < -0.3 is 56.8 Å². The highest BCUT2D eigenvalue weighted by Crippen LogP contribution is 2.27. The fourth-order valence-electron chi connectivity index (χ4n) is 7.75. The molecule has 0 aliphatic carbocycles. The van der Waals surface area contributed by atoms with Crippen molar-refractivity contribution in [1.82, 2.24) is 0 Å². The van der Waals surface area contributed by atoms with E-state index in [9.17, 15) is 62.3 Å². The molecule has 29 heteroatoms. The number of ether oxygens (including phenoxy) is 12. The van der Waals surface area contributed by atoms with Crippen molar-refractivity contribution in [1.29, 1.82) is 0 Å². The van der Waals surface area contributed by atoms with E-state index in [4.69, 9.17) is 56.8 Å². The normalized spacial score (nSPS) is 10.4. The molecule has 0 bridgehead atoms. The highest BCUT2D eigenvalue weighted by molar-refractivity contribution is 5.88. The third-order valence-corrected chi connectivity index (χ3v) is 13.2. The van der Waals surface area contributed by atoms with Crippen molar-refractivity contribution in [3.05, 3.63) is 233 Å². The molecule has 0 saturated carbocycles. The Morgan fingerprint density at radius 3 is 0.624 bits per heavy atom. The monoisotopic (exact) mass is 1390 g/mol. The zero-order valence-electron chi connectivity index (χ0n) is 54.9. The molecule has 532 valence electrons. The largest absolute Gasteiger partial charge is 0.462 e. The second-order valence-corrected chi connectivity index (χ2v) is 21.2. The summed E-state index contributed by atoms with van der Waals surface area (Å²) in [6.07, 6.45) is 7.99. The van der Waals surface area contributed by atoms with Crippen LogP contribution in [0.3, 0.4) is 0 Å². The lowest BCUT2D eigenvalue weighted by Gasteiger charge is -2.31. The first-order valence-electron chi connectivity index (χ1n) is 29.7. The minimum Gasteiger partial charge on any atom is -0.462 e. The molecule has 4 aromatic rings. The average Bonchev–Trinajstić information content (AvgIpc) is 0.879. The molecule has 4 rings (SSSR count). The molecule has 3 amide bonds. The van der Waals surface area contributed by atoms with Crippen LogP contribution in [-0.4, -0.2) is 157 Å². The third kappa shape index (κ3) is 32.0. The van der Waals surface area contributed by atoms with Gasteiger partial charge in [-0.3, -0.25) is 16.0 Å². The Labute approximate surface area is 580 Å². The van der Waals surface area contributed by atoms with Crippen molar-refractivity contribution in [2.24, 2.45) is 21.2 Å². The number of hydrogen-bond acceptors (Lipinski definition) is 26. The number of hydrogen-bond donors (Lipinski definition) is 3. The molecule has 0 spiro atoms. The zero-order valence-corrected chi connectivity index (χ0v) is 54.9. The van der Waals surface area contributed by atoms with Gasteiger partial charge in [-0.25, -0.2) is 62.3 Å². The van der Waals surface area contributed by atoms with Crippen molar-refractivity contribution >= 4 is 101 Å². The molecule has 0 radical (unpaired) electrons. The number of isocyanates is 1. The molecular formula is C72H74N4O25. The van der Waals surface area contributed by atoms with E-state index < -0.39 is 168 Å². The van der Waals surface area contributed by atoms with Gasteiger partial charge >= 0.3 is 72.0 Å². The molecule has 0 aromatic heterocycles. The highest BCUT2D eigenvalue weighted by atomic mass is 16.6. The van der Waals surface area contributed by atoms with Crippen LogP contribution >= 0.6 is 0 Å². The van der Waals surface area contributed by atoms with Gasteiger partial charge in [-0.05, 0) is 83.6 Å². The molecule has 0 aliphatic rings. The molecular weight excluding hydrogens is 1320 g/mol. The van der Waals surface area contributed by atoms with E-state index in [1.54, 1.807) is 72.8 Å². The van der Waals surface area contributed by atoms with Crippen LogP contribution in [0.1, 0.15) is 22.3 Å². The van der Waals surface area contributed by atoms with Crippen LogP contribution < -0.4 is 16.0 Å². The van der Waals surface area contributed by atoms with Crippen molar-refractivity contribution in [3.8, 4) is 0 Å². The maximum atomic E-state index is 12.8. The lowest BCUT2D eigenvalue weighted by molar-refractivity contribution is -0.161. The van der Waals surface area contributed by atoms with Crippen LogP contribution in [-0.2, 0) is 118 Å². The van der Waals surface area contributed by atoms with Crippen molar-refractivity contribution in [3.63, 3.8) is 0 Å². The fourth-order valence-corrected chi connectivity index (χ4v) is 7.75. The van der Waals surface area contributed by atoms with E-state index in [1.807, 2.05) is 24.3 Å². The minimum atomic E-state index is -1.51. The fraction of sp³-hybridized carbons (Fsp3) is 0.236. The van der Waals surface area contributed by atoms with Gasteiger partial charge in [-0.15, -0.1) is 0 Å². The summed E-state index contributed by atoms with van der Waals surface area (Å²) in [5.41, 5.74) is 0.838. The Kier molecular flexibility index (Phi) is 35.7. The summed E-state index contributed by atoms with van der Waals surface area (Å²) in [6.45, 7) is 24.1. The summed E-state index contributed by atoms with van der Waals surface area (Å²) in [4.78, 5) is 158. The zero-order chi connectivity index (χ0) is 74.6. The van der Waals surface area contributed by atoms with Crippen molar-refractivity contribution in [2.75, 3.05) is 95.2 Å². The predicted octanol–water partition coefficient (Wildman–Crippen LogP) is 8.69. The van der Waals surface area contributed by atoms with Gasteiger partial charge in [0.25, 0.3) is 0 Å². The number of anilines is 3. The molecule has 29 nitrogen and oxygen atoms in total. The van der Waals surface area contributed by atoms with Gasteiger partial charge in [-0.1, -0.05) is 108 Å². The van der Waals surface area contributed by atoms with Crippen LogP contribution in [0.2, 0.25) is 0 Å². The second kappa shape index (κ2) is 43.9. The number of aliphatic imine (C=N–C) groups is 1. The predicted molar refractivity (Wildman–Crippen MR) is 362 cm³/mol. The number of amides is 3. The topological polar surface area (TPSA) is 381 Å². The van der Waals surface area contributed by atoms with E-state index in [0.29, 0.717) is 35.6 Å². The molecule has 4 aromatic carbocycles. The van der Waals surface area contributed by atoms with Crippen LogP contribution in [0, 0.1) is 16.2 Å². The minimum absolute atomic E-state index is 0.354. The Morgan fingerprint density at radius 2 is 0.455 bits per heavy atom. The number of carbonyl (C=O) groups excluding carboxylic acids is 13. The van der Waals surface area contributed by atoms with Gasteiger partial charge in [0, 0.05) is 71.7 Å². The van der Waals surface area contributed by atoms with Crippen LogP contribution in [0.25, 0.3) is 0 Å². The van der Waals surface area contributed by atoms with Crippen LogP contribution in [0.15, 0.2) is 216 Å². The standard InChI is InChI=1S/C43H46N2O16.C29H28N2O9/c1-7-34(46)54-22-42(23-55-35(47)8-2,24-56-36(48)9-3)28-60-40(52)44-32-17-13-30(14-18-32)21-31-15-19-33(20-16-31)45-41(53)61-29-43(25-57-37(49)10-4,26-58-38(50)11-5)27-59-39(51)12-6;1-4-25(33)37-16-29(17-38-26(34)5-2,18-39-27(35)6-3)19-40-28(36)31-24-13-9-22(10-14-24)15-21-7-11-23(12-8-21)30-20-32/h7-20H,1-6,21-29H2,(H,44,52)(H,45,53);4-14H,1-3,15-19H2,(H,31,36). The van der Waals surface area contributed by atoms with E-state index in [-0.39, 0.29) is 0 Å². The number of nitrogens with one attached hydrogen (secondary N) is 3. The van der Waals surface area contributed by atoms with Crippen LogP contribution in [0.4, 0.5) is 37.1 Å². The van der Waals surface area contributed by atoms with Crippen LogP contribution in [0.5, 0.6) is 0 Å². The van der Waals surface area contributed by atoms with Gasteiger partial charge in [-0.2, -0.15) is 4.99 Å². The Morgan fingerprint density at radius 1 is 0.287 bits per heavy atom. The number of rotatable bonds is 41. The van der Waals surface area contributed by atoms with Gasteiger partial charge in [0.05, 0.1) is 5.69 Å². The summed E-state index contributed by atoms with van der Waals surface area (Å²) < 4.78 is 62.1. The molecule has 0 atom stereocenters. The highest BCUT2D eigenvalue weighted by Gasteiger charge is 2.40. The number of benzene rings is 4. The molecule has 3 N–H and O–H groups in total. The third-order valence-electron chi connectivity index (χ3n) is 13.2. The van der Waals surface area contributed by atoms with E-state index in [2.05, 4.69) is 80.2 Å². The Hall–Kier alpha value is -13.0. The summed E-state index contributed by atoms with van der Waals surface area (Å²) in [5.74, 6) is -7.32. The Balaban J connectivity index is 0.000000572. The first kappa shape index (κ1) is 82.2. The summed E-state index contributed by atoms with van der Waals surface area (Å²) in [6, 6.07) is 27.6. The molecule has 0 aliphatic heterocycles. The lowest BCUT2D eigenvalue weighted by Crippen LogP contribution is -2.44. The average molecular weight is 1400 g/mol. The molecule has 0 saturated heterocycles. The van der Waals surface area contributed by atoms with Gasteiger partial charge in [0.15, 0.2) is 0 Å². The number of carbonyl (C=O) groups is 12. The molecule has 101 heavy (non-hydrogen) atoms. The first-order valence-corrected chi connectivity index (χ1v) is 29.7. The SMILES string of the molecule is C=CC(=O)OCC(COC(=O)C=C)(COC(=O)C=C)COC(=O)Nc1ccc(Cc2ccc(N=C=O)cc2)cc1.C=CC(=O)OCC(COC(=O)C=C)(COC(=O)C=C)COC(=O)Nc1ccc(Cc2ccc(NC(=O)OCC(COC(=O)C=C)(COC(=O)C=C)COC(=O)C=C)cc2)cc1. The summed E-state index contributed by atoms with van der Waals surface area (Å²) in [5, 5.41) is 7.69. The molecule has 0 heterocycles. The lowest BCUT2D eigenvalue weighted by atomic mass is 9.92.